The zero-order chi connectivity index (χ0) is 40.0. The molecule has 2 heterocycles. The van der Waals surface area contributed by atoms with Crippen molar-refractivity contribution in [3.63, 3.8) is 0 Å². The fourth-order valence-corrected chi connectivity index (χ4v) is 10.9. The van der Waals surface area contributed by atoms with Crippen molar-refractivity contribution in [2.24, 2.45) is 0 Å². The molecule has 0 atom stereocenters. The van der Waals surface area contributed by atoms with Gasteiger partial charge in [0, 0.05) is 59.1 Å². The van der Waals surface area contributed by atoms with Crippen LogP contribution in [-0.4, -0.2) is 4.57 Å². The second-order valence-electron chi connectivity index (χ2n) is 16.6. The lowest BCUT2D eigenvalue weighted by atomic mass is 9.82. The quantitative estimate of drug-likeness (QED) is 0.163. The summed E-state index contributed by atoms with van der Waals surface area (Å²) in [5.41, 5.74) is 17.0. The Morgan fingerprint density at radius 1 is 0.383 bits per heavy atom. The van der Waals surface area contributed by atoms with Gasteiger partial charge in [0.2, 0.25) is 0 Å². The molecule has 0 N–H and O–H groups in total. The van der Waals surface area contributed by atoms with E-state index in [0.29, 0.717) is 0 Å². The van der Waals surface area contributed by atoms with Gasteiger partial charge in [0.05, 0.1) is 11.0 Å². The van der Waals surface area contributed by atoms with Crippen molar-refractivity contribution in [3.8, 4) is 39.1 Å². The van der Waals surface area contributed by atoms with E-state index in [1.165, 1.54) is 86.5 Å². The third-order valence-corrected chi connectivity index (χ3v) is 13.9. The second-order valence-corrected chi connectivity index (χ2v) is 17.7. The fraction of sp³-hybridized carbons (Fsp3) is 0.0526. The van der Waals surface area contributed by atoms with E-state index in [9.17, 15) is 0 Å². The minimum absolute atomic E-state index is 0.121. The van der Waals surface area contributed by atoms with Gasteiger partial charge >= 0.3 is 0 Å². The predicted molar refractivity (Wildman–Crippen MR) is 257 cm³/mol. The van der Waals surface area contributed by atoms with Crippen LogP contribution in [0, 0.1) is 0 Å². The summed E-state index contributed by atoms with van der Waals surface area (Å²) in [6.07, 6.45) is 0. The molecule has 1 aliphatic carbocycles. The van der Waals surface area contributed by atoms with E-state index in [1.54, 1.807) is 0 Å². The highest BCUT2D eigenvalue weighted by Gasteiger charge is 2.35. The van der Waals surface area contributed by atoms with Crippen molar-refractivity contribution in [1.82, 2.24) is 4.57 Å². The Labute approximate surface area is 353 Å². The molecule has 0 saturated carbocycles. The molecule has 284 valence electrons. The fourth-order valence-electron chi connectivity index (χ4n) is 9.84. The van der Waals surface area contributed by atoms with Gasteiger partial charge in [0.1, 0.15) is 0 Å². The molecule has 12 rings (SSSR count). The van der Waals surface area contributed by atoms with E-state index in [-0.39, 0.29) is 5.41 Å². The highest BCUT2D eigenvalue weighted by molar-refractivity contribution is 7.25. The van der Waals surface area contributed by atoms with Gasteiger partial charge in [0.15, 0.2) is 0 Å². The van der Waals surface area contributed by atoms with Crippen LogP contribution in [0.3, 0.4) is 0 Å². The maximum Gasteiger partial charge on any atom is 0.0541 e. The lowest BCUT2D eigenvalue weighted by Gasteiger charge is -2.29. The van der Waals surface area contributed by atoms with Gasteiger partial charge < -0.3 is 9.47 Å². The molecule has 0 amide bonds. The predicted octanol–water partition coefficient (Wildman–Crippen LogP) is 16.3. The maximum absolute atomic E-state index is 2.45. The molecule has 9 aromatic carbocycles. The molecule has 0 fully saturated rings. The first kappa shape index (κ1) is 34.8. The monoisotopic (exact) mass is 784 g/mol. The smallest absolute Gasteiger partial charge is 0.0541 e. The van der Waals surface area contributed by atoms with Gasteiger partial charge in [-0.3, -0.25) is 0 Å². The summed E-state index contributed by atoms with van der Waals surface area (Å²) in [5, 5.41) is 5.10. The largest absolute Gasteiger partial charge is 0.310 e. The Hall–Kier alpha value is -7.20. The van der Waals surface area contributed by atoms with Crippen LogP contribution in [0.2, 0.25) is 0 Å². The maximum atomic E-state index is 2.45. The summed E-state index contributed by atoms with van der Waals surface area (Å²) in [5.74, 6) is 0. The number of para-hydroxylation sites is 3. The van der Waals surface area contributed by atoms with Gasteiger partial charge in [-0.15, -0.1) is 11.3 Å². The van der Waals surface area contributed by atoms with E-state index in [2.05, 4.69) is 230 Å². The second kappa shape index (κ2) is 13.4. The summed E-state index contributed by atoms with van der Waals surface area (Å²) >= 11 is 1.87. The molecule has 0 spiro atoms. The van der Waals surface area contributed by atoms with Gasteiger partial charge in [0.25, 0.3) is 0 Å². The van der Waals surface area contributed by atoms with Crippen molar-refractivity contribution in [3.05, 3.63) is 217 Å². The third-order valence-electron chi connectivity index (χ3n) is 12.7. The standard InChI is InChI=1S/C57H40N2S/c1-57(2)51-22-12-9-19-45(51)46-28-27-43(36-52(46)57)58(41-15-5-3-6-16-41)44-32-39(31-40(33-44)38-26-30-56-50(35-38)48-21-11-14-24-55(48)60-56)37-25-29-54-49(34-37)47-20-10-13-23-53(47)59(54)42-17-7-4-8-18-42/h3-36H,1-2H3. The highest BCUT2D eigenvalue weighted by atomic mass is 32.1. The Morgan fingerprint density at radius 3 is 1.82 bits per heavy atom. The molecule has 0 radical (unpaired) electrons. The van der Waals surface area contributed by atoms with Crippen molar-refractivity contribution in [2.45, 2.75) is 19.3 Å². The van der Waals surface area contributed by atoms with Crippen LogP contribution in [0.25, 0.3) is 81.0 Å². The summed E-state index contributed by atoms with van der Waals surface area (Å²) in [6.45, 7) is 4.73. The molecule has 60 heavy (non-hydrogen) atoms. The van der Waals surface area contributed by atoms with E-state index >= 15 is 0 Å². The molecule has 1 aliphatic rings. The van der Waals surface area contributed by atoms with Crippen molar-refractivity contribution >= 4 is 70.4 Å². The SMILES string of the molecule is CC1(C)c2ccccc2-c2ccc(N(c3ccccc3)c3cc(-c4ccc5sc6ccccc6c5c4)cc(-c4ccc5c(c4)c4ccccc4n5-c4ccccc4)c3)cc21. The van der Waals surface area contributed by atoms with Crippen molar-refractivity contribution in [1.29, 1.82) is 0 Å². The summed E-state index contributed by atoms with van der Waals surface area (Å²) in [6, 6.07) is 76.3. The molecule has 0 saturated heterocycles. The number of fused-ring (bicyclic) bond motifs is 9. The third kappa shape index (κ3) is 5.40. The van der Waals surface area contributed by atoms with Crippen molar-refractivity contribution in [2.75, 3.05) is 4.90 Å². The molecule has 3 heteroatoms. The minimum atomic E-state index is -0.121. The molecule has 2 aromatic heterocycles. The Balaban J connectivity index is 1.10. The first-order chi connectivity index (χ1) is 29.5. The van der Waals surface area contributed by atoms with E-state index in [0.717, 1.165) is 22.7 Å². The van der Waals surface area contributed by atoms with E-state index < -0.39 is 0 Å². The zero-order valence-electron chi connectivity index (χ0n) is 33.4. The molecular weight excluding hydrogens is 745 g/mol. The van der Waals surface area contributed by atoms with Gasteiger partial charge in [-0.25, -0.2) is 0 Å². The number of anilines is 3. The average Bonchev–Trinajstić information content (AvgIpc) is 3.92. The number of nitrogens with zero attached hydrogens (tertiary/aromatic N) is 2. The highest BCUT2D eigenvalue weighted by Crippen LogP contribution is 2.51. The van der Waals surface area contributed by atoms with Crippen molar-refractivity contribution < 1.29 is 0 Å². The topological polar surface area (TPSA) is 8.17 Å². The summed E-state index contributed by atoms with van der Waals surface area (Å²) in [7, 11) is 0. The zero-order valence-corrected chi connectivity index (χ0v) is 34.2. The van der Waals surface area contributed by atoms with Crippen LogP contribution in [0.15, 0.2) is 206 Å². The number of hydrogen-bond acceptors (Lipinski definition) is 2. The average molecular weight is 785 g/mol. The number of aromatic nitrogens is 1. The van der Waals surface area contributed by atoms with Crippen LogP contribution in [0.4, 0.5) is 17.1 Å². The first-order valence-corrected chi connectivity index (χ1v) is 21.6. The van der Waals surface area contributed by atoms with Gasteiger partial charge in [-0.2, -0.15) is 0 Å². The lowest BCUT2D eigenvalue weighted by Crippen LogP contribution is -2.16. The number of rotatable bonds is 6. The lowest BCUT2D eigenvalue weighted by molar-refractivity contribution is 0.660. The van der Waals surface area contributed by atoms with Crippen LogP contribution in [-0.2, 0) is 5.41 Å². The summed E-state index contributed by atoms with van der Waals surface area (Å²) in [4.78, 5) is 2.45. The molecule has 0 bridgehead atoms. The number of benzene rings is 9. The Kier molecular flexibility index (Phi) is 7.79. The molecule has 0 aliphatic heterocycles. The van der Waals surface area contributed by atoms with Gasteiger partial charge in [-0.05, 0) is 136 Å². The molecule has 2 nitrogen and oxygen atoms in total. The normalized spacial score (nSPS) is 13.0. The van der Waals surface area contributed by atoms with Crippen LogP contribution in [0.1, 0.15) is 25.0 Å². The van der Waals surface area contributed by atoms with E-state index in [4.69, 9.17) is 0 Å². The Bertz CT molecular complexity index is 3460. The van der Waals surface area contributed by atoms with Crippen LogP contribution >= 0.6 is 11.3 Å². The number of thiophene rings is 1. The number of hydrogen-bond donors (Lipinski definition) is 0. The molecule has 0 unspecified atom stereocenters. The van der Waals surface area contributed by atoms with Crippen LogP contribution in [0.5, 0.6) is 0 Å². The first-order valence-electron chi connectivity index (χ1n) is 20.7. The Morgan fingerprint density at radius 2 is 1.00 bits per heavy atom. The van der Waals surface area contributed by atoms with Crippen LogP contribution < -0.4 is 4.90 Å². The minimum Gasteiger partial charge on any atom is -0.310 e. The molecular formula is C57H40N2S. The summed E-state index contributed by atoms with van der Waals surface area (Å²) < 4.78 is 5.02. The molecule has 11 aromatic rings. The van der Waals surface area contributed by atoms with E-state index in [1.807, 2.05) is 11.3 Å². The van der Waals surface area contributed by atoms with Gasteiger partial charge in [-0.1, -0.05) is 129 Å².